The van der Waals surface area contributed by atoms with Crippen molar-refractivity contribution in [2.24, 2.45) is 4.99 Å². The number of hydrogen-bond acceptors (Lipinski definition) is 5. The van der Waals surface area contributed by atoms with E-state index in [4.69, 9.17) is 11.6 Å². The molecule has 9 heteroatoms. The Labute approximate surface area is 174 Å². The molecule has 4 nitrogen and oxygen atoms in total. The maximum atomic E-state index is 14.1. The van der Waals surface area contributed by atoms with Gasteiger partial charge in [-0.2, -0.15) is 0 Å². The van der Waals surface area contributed by atoms with Crippen molar-refractivity contribution in [3.05, 3.63) is 63.3 Å². The molecule has 2 aliphatic rings. The highest BCUT2D eigenvalue weighted by molar-refractivity contribution is 9.10. The molecule has 0 aliphatic carbocycles. The average molecular weight is 490 g/mol. The standard InChI is InChI=1S/C18H15BrClFN2O2S2/c19-12-2-1-11(15(21)7-12)8-26-18-22-16-9-27(24,25)10-17(16)23(18)14-5-3-13(20)4-6-14/h1-7,16-17H,8-10H2/t16-,17+/m1/s1. The van der Waals surface area contributed by atoms with Crippen LogP contribution in [0.15, 0.2) is 51.9 Å². The fraction of sp³-hybridized carbons (Fsp3) is 0.278. The van der Waals surface area contributed by atoms with Crippen LogP contribution in [0.5, 0.6) is 0 Å². The number of halogens is 3. The predicted octanol–water partition coefficient (Wildman–Crippen LogP) is 4.52. The lowest BCUT2D eigenvalue weighted by Crippen LogP contribution is -2.39. The topological polar surface area (TPSA) is 49.7 Å². The van der Waals surface area contributed by atoms with Crippen LogP contribution in [0.2, 0.25) is 5.02 Å². The highest BCUT2D eigenvalue weighted by Gasteiger charge is 2.47. The molecule has 4 rings (SSSR count). The summed E-state index contributed by atoms with van der Waals surface area (Å²) in [5.41, 5.74) is 1.41. The van der Waals surface area contributed by atoms with E-state index in [2.05, 4.69) is 20.9 Å². The fourth-order valence-electron chi connectivity index (χ4n) is 3.32. The number of nitrogens with zero attached hydrogens (tertiary/aromatic N) is 2. The lowest BCUT2D eigenvalue weighted by molar-refractivity contribution is 0.601. The maximum Gasteiger partial charge on any atom is 0.164 e. The Kier molecular flexibility index (Phi) is 5.26. The van der Waals surface area contributed by atoms with Crippen LogP contribution in [0.25, 0.3) is 0 Å². The predicted molar refractivity (Wildman–Crippen MR) is 113 cm³/mol. The van der Waals surface area contributed by atoms with Gasteiger partial charge < -0.3 is 4.90 Å². The number of benzene rings is 2. The molecule has 0 aromatic heterocycles. The lowest BCUT2D eigenvalue weighted by atomic mass is 10.1. The van der Waals surface area contributed by atoms with E-state index in [0.29, 0.717) is 26.0 Å². The van der Waals surface area contributed by atoms with Gasteiger partial charge in [0.2, 0.25) is 0 Å². The molecular formula is C18H15BrClFN2O2S2. The molecule has 27 heavy (non-hydrogen) atoms. The Bertz CT molecular complexity index is 1010. The van der Waals surface area contributed by atoms with Gasteiger partial charge in [-0.1, -0.05) is 45.4 Å². The summed E-state index contributed by atoms with van der Waals surface area (Å²) in [4.78, 5) is 6.60. The first-order chi connectivity index (χ1) is 12.8. The average Bonchev–Trinajstić information content (AvgIpc) is 3.06. The molecule has 142 valence electrons. The van der Waals surface area contributed by atoms with E-state index in [9.17, 15) is 12.8 Å². The quantitative estimate of drug-likeness (QED) is 0.636. The molecule has 1 saturated heterocycles. The van der Waals surface area contributed by atoms with Gasteiger partial charge in [0.05, 0.1) is 23.6 Å². The van der Waals surface area contributed by atoms with Crippen molar-refractivity contribution in [1.29, 1.82) is 0 Å². The fourth-order valence-corrected chi connectivity index (χ4v) is 6.73. The van der Waals surface area contributed by atoms with Crippen LogP contribution in [0, 0.1) is 5.82 Å². The van der Waals surface area contributed by atoms with Gasteiger partial charge in [-0.05, 0) is 42.0 Å². The zero-order valence-electron chi connectivity index (χ0n) is 14.0. The van der Waals surface area contributed by atoms with E-state index < -0.39 is 9.84 Å². The van der Waals surface area contributed by atoms with Gasteiger partial charge in [-0.25, -0.2) is 12.8 Å². The Hall–Kier alpha value is -1.09. The maximum absolute atomic E-state index is 14.1. The van der Waals surface area contributed by atoms with Crippen molar-refractivity contribution in [2.75, 3.05) is 16.4 Å². The Morgan fingerprint density at radius 3 is 2.67 bits per heavy atom. The van der Waals surface area contributed by atoms with Crippen LogP contribution >= 0.6 is 39.3 Å². The Morgan fingerprint density at radius 1 is 1.22 bits per heavy atom. The molecule has 0 amide bonds. The van der Waals surface area contributed by atoms with Gasteiger partial charge in [0.15, 0.2) is 15.0 Å². The van der Waals surface area contributed by atoms with E-state index in [1.165, 1.54) is 17.8 Å². The summed E-state index contributed by atoms with van der Waals surface area (Å²) in [6.45, 7) is 0. The number of sulfone groups is 1. The molecule has 0 spiro atoms. The minimum Gasteiger partial charge on any atom is -0.315 e. The zero-order chi connectivity index (χ0) is 19.2. The third kappa shape index (κ3) is 4.04. The van der Waals surface area contributed by atoms with Gasteiger partial charge in [0.25, 0.3) is 0 Å². The Balaban J connectivity index is 1.61. The lowest BCUT2D eigenvalue weighted by Gasteiger charge is -2.26. The number of amidine groups is 1. The highest BCUT2D eigenvalue weighted by Crippen LogP contribution is 2.36. The minimum absolute atomic E-state index is 0.0540. The second-order valence-electron chi connectivity index (χ2n) is 6.49. The normalized spacial score (nSPS) is 23.4. The number of anilines is 1. The number of rotatable bonds is 3. The van der Waals surface area contributed by atoms with Gasteiger partial charge in [-0.15, -0.1) is 0 Å². The van der Waals surface area contributed by atoms with Crippen molar-refractivity contribution >= 4 is 60.0 Å². The molecule has 2 aromatic rings. The third-order valence-electron chi connectivity index (χ3n) is 4.58. The molecule has 2 aliphatic heterocycles. The molecule has 2 aromatic carbocycles. The first-order valence-electron chi connectivity index (χ1n) is 8.22. The van der Waals surface area contributed by atoms with Crippen molar-refractivity contribution in [3.63, 3.8) is 0 Å². The summed E-state index contributed by atoms with van der Waals surface area (Å²) < 4.78 is 38.9. The van der Waals surface area contributed by atoms with Crippen LogP contribution in [-0.4, -0.2) is 37.2 Å². The molecule has 0 N–H and O–H groups in total. The number of aliphatic imine (C=N–C) groups is 1. The van der Waals surface area contributed by atoms with Crippen LogP contribution in [0.3, 0.4) is 0 Å². The molecular weight excluding hydrogens is 475 g/mol. The molecule has 0 bridgehead atoms. The van der Waals surface area contributed by atoms with Crippen molar-refractivity contribution in [3.8, 4) is 0 Å². The van der Waals surface area contributed by atoms with Gasteiger partial charge in [0.1, 0.15) is 5.82 Å². The van der Waals surface area contributed by atoms with E-state index in [1.54, 1.807) is 24.3 Å². The first-order valence-corrected chi connectivity index (χ1v) is 12.2. The third-order valence-corrected chi connectivity index (χ3v) is 8.04. The molecule has 2 atom stereocenters. The second kappa shape index (κ2) is 7.39. The van der Waals surface area contributed by atoms with Crippen molar-refractivity contribution in [1.82, 2.24) is 0 Å². The Morgan fingerprint density at radius 2 is 1.96 bits per heavy atom. The summed E-state index contributed by atoms with van der Waals surface area (Å²) >= 11 is 10.7. The molecule has 0 saturated carbocycles. The summed E-state index contributed by atoms with van der Waals surface area (Å²) in [6, 6.07) is 11.7. The smallest absolute Gasteiger partial charge is 0.164 e. The molecule has 2 heterocycles. The van der Waals surface area contributed by atoms with Crippen LogP contribution in [0.4, 0.5) is 10.1 Å². The first kappa shape index (κ1) is 19.2. The van der Waals surface area contributed by atoms with Gasteiger partial charge in [-0.3, -0.25) is 4.99 Å². The monoisotopic (exact) mass is 488 g/mol. The van der Waals surface area contributed by atoms with E-state index in [1.807, 2.05) is 17.0 Å². The second-order valence-corrected chi connectivity index (χ2v) is 10.9. The largest absolute Gasteiger partial charge is 0.315 e. The van der Waals surface area contributed by atoms with Crippen LogP contribution in [-0.2, 0) is 15.6 Å². The molecule has 1 fully saturated rings. The van der Waals surface area contributed by atoms with Crippen molar-refractivity contribution < 1.29 is 12.8 Å². The number of fused-ring (bicyclic) bond motifs is 1. The highest BCUT2D eigenvalue weighted by atomic mass is 79.9. The number of thioether (sulfide) groups is 1. The van der Waals surface area contributed by atoms with Crippen LogP contribution in [0.1, 0.15) is 5.56 Å². The summed E-state index contributed by atoms with van der Waals surface area (Å²) in [5, 5.41) is 1.32. The zero-order valence-corrected chi connectivity index (χ0v) is 18.0. The van der Waals surface area contributed by atoms with Gasteiger partial charge in [0, 0.05) is 20.9 Å². The minimum atomic E-state index is -3.11. The van der Waals surface area contributed by atoms with Crippen LogP contribution < -0.4 is 4.90 Å². The van der Waals surface area contributed by atoms with E-state index in [0.717, 1.165) is 5.69 Å². The van der Waals surface area contributed by atoms with E-state index >= 15 is 0 Å². The summed E-state index contributed by atoms with van der Waals surface area (Å²) in [6.07, 6.45) is 0. The summed E-state index contributed by atoms with van der Waals surface area (Å²) in [5.74, 6) is 0.254. The summed E-state index contributed by atoms with van der Waals surface area (Å²) in [7, 11) is -3.11. The van der Waals surface area contributed by atoms with Crippen molar-refractivity contribution in [2.45, 2.75) is 17.8 Å². The van der Waals surface area contributed by atoms with E-state index in [-0.39, 0.29) is 29.4 Å². The SMILES string of the molecule is O=S1(=O)C[C@H]2N=C(SCc3ccc(Br)cc3F)N(c3ccc(Cl)cc3)[C@H]2C1. The van der Waals surface area contributed by atoms with Gasteiger partial charge >= 0.3 is 0 Å². The number of hydrogen-bond donors (Lipinski definition) is 0. The molecule has 0 radical (unpaired) electrons. The molecule has 0 unspecified atom stereocenters.